The summed E-state index contributed by atoms with van der Waals surface area (Å²) in [6.07, 6.45) is 2.16. The molecule has 1 aliphatic heterocycles. The van der Waals surface area contributed by atoms with E-state index < -0.39 is 0 Å². The largest absolute Gasteiger partial charge is 0.481 e. The molecule has 0 spiro atoms. The number of hydrogen-bond donors (Lipinski definition) is 0. The number of rotatable bonds is 4. The molecular formula is C17H26N6O. The average molecular weight is 330 g/mol. The molecule has 7 nitrogen and oxygen atoms in total. The highest BCUT2D eigenvalue weighted by Gasteiger charge is 2.34. The summed E-state index contributed by atoms with van der Waals surface area (Å²) in [6.45, 7) is 4.99. The van der Waals surface area contributed by atoms with Crippen molar-refractivity contribution in [2.45, 2.75) is 32.7 Å². The third-order valence-electron chi connectivity index (χ3n) is 4.54. The van der Waals surface area contributed by atoms with Crippen LogP contribution in [0.25, 0.3) is 0 Å². The highest BCUT2D eigenvalue weighted by molar-refractivity contribution is 5.49. The van der Waals surface area contributed by atoms with Crippen molar-refractivity contribution in [1.29, 1.82) is 0 Å². The summed E-state index contributed by atoms with van der Waals surface area (Å²) in [6, 6.07) is 2.20. The van der Waals surface area contributed by atoms with Crippen LogP contribution >= 0.6 is 0 Å². The lowest BCUT2D eigenvalue weighted by atomic mass is 10.1. The van der Waals surface area contributed by atoms with Gasteiger partial charge in [-0.05, 0) is 26.7 Å². The number of nitrogens with zero attached hydrogens (tertiary/aromatic N) is 6. The molecule has 0 bridgehead atoms. The molecule has 2 aromatic heterocycles. The fourth-order valence-electron chi connectivity index (χ4n) is 3.48. The van der Waals surface area contributed by atoms with Gasteiger partial charge >= 0.3 is 0 Å². The van der Waals surface area contributed by atoms with Gasteiger partial charge in [0.05, 0.1) is 24.4 Å². The molecule has 1 fully saturated rings. The van der Waals surface area contributed by atoms with Gasteiger partial charge in [0, 0.05) is 39.4 Å². The Bertz CT molecular complexity index is 739. The van der Waals surface area contributed by atoms with Gasteiger partial charge in [-0.25, -0.2) is 9.67 Å². The first-order chi connectivity index (χ1) is 11.4. The molecule has 1 atom stereocenters. The zero-order valence-electron chi connectivity index (χ0n) is 15.4. The first-order valence-electron chi connectivity index (χ1n) is 8.29. The highest BCUT2D eigenvalue weighted by Crippen LogP contribution is 2.40. The van der Waals surface area contributed by atoms with E-state index in [1.165, 1.54) is 0 Å². The number of aryl methyl sites for hydroxylation is 3. The smallest absolute Gasteiger partial charge is 0.228 e. The monoisotopic (exact) mass is 330 g/mol. The minimum absolute atomic E-state index is 0.200. The fraction of sp³-hybridized carbons (Fsp3) is 0.588. The van der Waals surface area contributed by atoms with Gasteiger partial charge in [0.15, 0.2) is 0 Å². The average Bonchev–Trinajstić information content (AvgIpc) is 3.09. The van der Waals surface area contributed by atoms with Crippen LogP contribution in [0, 0.1) is 13.8 Å². The van der Waals surface area contributed by atoms with Crippen LogP contribution in [0.1, 0.15) is 35.8 Å². The number of anilines is 2. The number of methoxy groups -OCH3 is 1. The second-order valence-electron chi connectivity index (χ2n) is 6.55. The van der Waals surface area contributed by atoms with Crippen LogP contribution in [0.3, 0.4) is 0 Å². The van der Waals surface area contributed by atoms with Gasteiger partial charge in [0.2, 0.25) is 11.8 Å². The summed E-state index contributed by atoms with van der Waals surface area (Å²) in [5, 5.41) is 4.53. The number of ether oxygens (including phenoxy) is 1. The summed E-state index contributed by atoms with van der Waals surface area (Å²) in [4.78, 5) is 13.7. The molecule has 130 valence electrons. The summed E-state index contributed by atoms with van der Waals surface area (Å²) in [5.74, 6) is 2.54. The van der Waals surface area contributed by atoms with Crippen LogP contribution in [-0.4, -0.2) is 47.5 Å². The standard InChI is InChI=1S/C17H26N6O/c1-11-10-14(21(3)4)19-17(18-11)23-9-7-8-13(23)15-12(2)20-22(5)16(15)24-6/h10,13H,7-9H2,1-6H3/t13-/m0/s1. The van der Waals surface area contributed by atoms with E-state index in [4.69, 9.17) is 9.72 Å². The normalized spacial score (nSPS) is 17.4. The molecule has 3 rings (SSSR count). The van der Waals surface area contributed by atoms with Crippen molar-refractivity contribution in [3.63, 3.8) is 0 Å². The van der Waals surface area contributed by atoms with Gasteiger partial charge in [0.1, 0.15) is 5.82 Å². The van der Waals surface area contributed by atoms with Crippen molar-refractivity contribution in [2.24, 2.45) is 7.05 Å². The molecule has 0 radical (unpaired) electrons. The number of hydrogen-bond acceptors (Lipinski definition) is 6. The summed E-state index contributed by atoms with van der Waals surface area (Å²) >= 11 is 0. The zero-order chi connectivity index (χ0) is 17.4. The van der Waals surface area contributed by atoms with E-state index >= 15 is 0 Å². The molecule has 0 saturated carbocycles. The predicted octanol–water partition coefficient (Wildman–Crippen LogP) is 2.24. The molecule has 2 aromatic rings. The topological polar surface area (TPSA) is 59.3 Å². The highest BCUT2D eigenvalue weighted by atomic mass is 16.5. The Kier molecular flexibility index (Phi) is 4.34. The van der Waals surface area contributed by atoms with Gasteiger partial charge in [-0.1, -0.05) is 0 Å². The Morgan fingerprint density at radius 2 is 2.00 bits per heavy atom. The van der Waals surface area contributed by atoms with Gasteiger partial charge in [-0.15, -0.1) is 0 Å². The van der Waals surface area contributed by atoms with Gasteiger partial charge in [-0.2, -0.15) is 10.1 Å². The van der Waals surface area contributed by atoms with Crippen LogP contribution in [0.15, 0.2) is 6.07 Å². The predicted molar refractivity (Wildman–Crippen MR) is 94.9 cm³/mol. The van der Waals surface area contributed by atoms with Crippen LogP contribution in [-0.2, 0) is 7.05 Å². The Hall–Kier alpha value is -2.31. The van der Waals surface area contributed by atoms with Crippen molar-refractivity contribution in [2.75, 3.05) is 37.5 Å². The van der Waals surface area contributed by atoms with Crippen LogP contribution in [0.2, 0.25) is 0 Å². The minimum atomic E-state index is 0.200. The van der Waals surface area contributed by atoms with Crippen LogP contribution < -0.4 is 14.5 Å². The first kappa shape index (κ1) is 16.5. The number of aromatic nitrogens is 4. The third-order valence-corrected chi connectivity index (χ3v) is 4.54. The molecule has 0 aliphatic carbocycles. The van der Waals surface area contributed by atoms with E-state index in [0.717, 1.165) is 54.0 Å². The van der Waals surface area contributed by atoms with Gasteiger partial charge < -0.3 is 14.5 Å². The van der Waals surface area contributed by atoms with E-state index in [0.29, 0.717) is 0 Å². The molecule has 7 heteroatoms. The first-order valence-corrected chi connectivity index (χ1v) is 8.29. The molecular weight excluding hydrogens is 304 g/mol. The molecule has 1 aliphatic rings. The Balaban J connectivity index is 2.03. The minimum Gasteiger partial charge on any atom is -0.481 e. The second kappa shape index (κ2) is 6.30. The molecule has 0 aromatic carbocycles. The van der Waals surface area contributed by atoms with Crippen molar-refractivity contribution >= 4 is 11.8 Å². The summed E-state index contributed by atoms with van der Waals surface area (Å²) in [5.41, 5.74) is 3.13. The van der Waals surface area contributed by atoms with E-state index in [2.05, 4.69) is 15.0 Å². The third kappa shape index (κ3) is 2.79. The lowest BCUT2D eigenvalue weighted by Crippen LogP contribution is -2.26. The Morgan fingerprint density at radius 1 is 1.25 bits per heavy atom. The maximum Gasteiger partial charge on any atom is 0.228 e. The van der Waals surface area contributed by atoms with Crippen molar-refractivity contribution < 1.29 is 4.74 Å². The molecule has 1 saturated heterocycles. The van der Waals surface area contributed by atoms with Gasteiger partial charge in [0.25, 0.3) is 0 Å². The maximum atomic E-state index is 5.60. The molecule has 0 amide bonds. The van der Waals surface area contributed by atoms with Crippen LogP contribution in [0.5, 0.6) is 5.88 Å². The molecule has 0 unspecified atom stereocenters. The second-order valence-corrected chi connectivity index (χ2v) is 6.55. The van der Waals surface area contributed by atoms with E-state index in [-0.39, 0.29) is 6.04 Å². The van der Waals surface area contributed by atoms with Crippen LogP contribution in [0.4, 0.5) is 11.8 Å². The van der Waals surface area contributed by atoms with Gasteiger partial charge in [-0.3, -0.25) is 0 Å². The van der Waals surface area contributed by atoms with E-state index in [1.807, 2.05) is 50.6 Å². The lowest BCUT2D eigenvalue weighted by Gasteiger charge is -2.26. The molecule has 24 heavy (non-hydrogen) atoms. The fourth-order valence-corrected chi connectivity index (χ4v) is 3.48. The zero-order valence-corrected chi connectivity index (χ0v) is 15.4. The molecule has 0 N–H and O–H groups in total. The summed E-state index contributed by atoms with van der Waals surface area (Å²) < 4.78 is 7.41. The summed E-state index contributed by atoms with van der Waals surface area (Å²) in [7, 11) is 7.62. The van der Waals surface area contributed by atoms with Crippen molar-refractivity contribution in [1.82, 2.24) is 19.7 Å². The Morgan fingerprint density at radius 3 is 2.67 bits per heavy atom. The van der Waals surface area contributed by atoms with Crippen molar-refractivity contribution in [3.05, 3.63) is 23.0 Å². The maximum absolute atomic E-state index is 5.60. The van der Waals surface area contributed by atoms with Crippen molar-refractivity contribution in [3.8, 4) is 5.88 Å². The quantitative estimate of drug-likeness (QED) is 0.857. The molecule has 3 heterocycles. The SMILES string of the molecule is COc1c([C@@H]2CCCN2c2nc(C)cc(N(C)C)n2)c(C)nn1C. The Labute approximate surface area is 143 Å². The lowest BCUT2D eigenvalue weighted by molar-refractivity contribution is 0.366. The van der Waals surface area contributed by atoms with E-state index in [1.54, 1.807) is 7.11 Å². The van der Waals surface area contributed by atoms with E-state index in [9.17, 15) is 0 Å².